The minimum Gasteiger partial charge on any atom is -0.323 e. The molecule has 2 heterocycles. The van der Waals surface area contributed by atoms with Crippen molar-refractivity contribution in [2.24, 2.45) is 0 Å². The van der Waals surface area contributed by atoms with Gasteiger partial charge in [0, 0.05) is 17.6 Å². The molecule has 0 aromatic carbocycles. The lowest BCUT2D eigenvalue weighted by Crippen LogP contribution is -2.15. The average Bonchev–Trinajstić information content (AvgIpc) is 2.38. The third-order valence-electron chi connectivity index (χ3n) is 2.33. The molecule has 0 spiro atoms. The van der Waals surface area contributed by atoms with E-state index in [4.69, 9.17) is 11.6 Å². The van der Waals surface area contributed by atoms with E-state index in [0.717, 1.165) is 11.4 Å². The molecule has 0 atom stereocenters. The number of hydrogen-bond donors (Lipinski definition) is 1. The van der Waals surface area contributed by atoms with Crippen LogP contribution in [-0.2, 0) is 4.79 Å². The maximum atomic E-state index is 11.8. The summed E-state index contributed by atoms with van der Waals surface area (Å²) in [5.74, 6) is 0.0429. The Balaban J connectivity index is 1.94. The smallest absolute Gasteiger partial charge is 0.234 e. The van der Waals surface area contributed by atoms with Crippen LogP contribution in [0, 0.1) is 13.8 Å². The van der Waals surface area contributed by atoms with E-state index in [1.54, 1.807) is 18.3 Å². The van der Waals surface area contributed by atoms with Crippen LogP contribution in [0.25, 0.3) is 0 Å². The first-order chi connectivity index (χ1) is 9.54. The van der Waals surface area contributed by atoms with E-state index in [2.05, 4.69) is 20.3 Å². The summed E-state index contributed by atoms with van der Waals surface area (Å²) < 4.78 is 0. The van der Waals surface area contributed by atoms with Gasteiger partial charge in [0.15, 0.2) is 10.3 Å². The molecular weight excluding hydrogens is 296 g/mol. The molecule has 7 heteroatoms. The lowest BCUT2D eigenvalue weighted by Gasteiger charge is -2.06. The number of anilines is 1. The fraction of sp³-hybridized carbons (Fsp3) is 0.231. The van der Waals surface area contributed by atoms with Gasteiger partial charge in [-0.2, -0.15) is 0 Å². The molecule has 5 nitrogen and oxygen atoms in total. The van der Waals surface area contributed by atoms with Crippen molar-refractivity contribution in [1.29, 1.82) is 0 Å². The zero-order valence-corrected chi connectivity index (χ0v) is 12.6. The Bertz CT molecular complexity index is 615. The van der Waals surface area contributed by atoms with Gasteiger partial charge in [-0.1, -0.05) is 23.4 Å². The van der Waals surface area contributed by atoms with Gasteiger partial charge in [0.1, 0.15) is 0 Å². The van der Waals surface area contributed by atoms with E-state index >= 15 is 0 Å². The quantitative estimate of drug-likeness (QED) is 0.534. The topological polar surface area (TPSA) is 67.8 Å². The number of aromatic nitrogens is 3. The maximum absolute atomic E-state index is 11.8. The van der Waals surface area contributed by atoms with E-state index in [-0.39, 0.29) is 16.8 Å². The Hall–Kier alpha value is -1.66. The molecule has 1 N–H and O–H groups in total. The molecule has 0 fully saturated rings. The van der Waals surface area contributed by atoms with Crippen molar-refractivity contribution in [3.05, 3.63) is 40.9 Å². The molecule has 2 aromatic heterocycles. The Morgan fingerprint density at radius 3 is 2.70 bits per heavy atom. The number of hydrogen-bond acceptors (Lipinski definition) is 5. The third kappa shape index (κ3) is 4.18. The largest absolute Gasteiger partial charge is 0.323 e. The first-order valence-electron chi connectivity index (χ1n) is 5.90. The number of pyridine rings is 1. The maximum Gasteiger partial charge on any atom is 0.234 e. The SMILES string of the molecule is Cc1cc(C)nc(SCC(=O)Nc2cccnc2Cl)n1. The molecule has 104 valence electrons. The van der Waals surface area contributed by atoms with Crippen LogP contribution < -0.4 is 5.32 Å². The summed E-state index contributed by atoms with van der Waals surface area (Å²) in [6.45, 7) is 3.79. The van der Waals surface area contributed by atoms with Crippen LogP contribution in [0.4, 0.5) is 5.69 Å². The number of nitrogens with one attached hydrogen (secondary N) is 1. The second kappa shape index (κ2) is 6.67. The highest BCUT2D eigenvalue weighted by Crippen LogP contribution is 2.19. The van der Waals surface area contributed by atoms with Crippen LogP contribution in [0.2, 0.25) is 5.15 Å². The van der Waals surface area contributed by atoms with E-state index in [1.807, 2.05) is 19.9 Å². The Morgan fingerprint density at radius 1 is 1.35 bits per heavy atom. The fourth-order valence-corrected chi connectivity index (χ4v) is 2.47. The van der Waals surface area contributed by atoms with Crippen molar-refractivity contribution in [3.8, 4) is 0 Å². The van der Waals surface area contributed by atoms with Gasteiger partial charge < -0.3 is 5.32 Å². The summed E-state index contributed by atoms with van der Waals surface area (Å²) in [6.07, 6.45) is 1.57. The van der Waals surface area contributed by atoms with Crippen LogP contribution in [0.15, 0.2) is 29.6 Å². The van der Waals surface area contributed by atoms with Crippen LogP contribution >= 0.6 is 23.4 Å². The number of carbonyl (C=O) groups is 1. The standard InChI is InChI=1S/C13H13ClN4OS/c1-8-6-9(2)17-13(16-8)20-7-11(19)18-10-4-3-5-15-12(10)14/h3-6H,7H2,1-2H3,(H,18,19). The zero-order valence-electron chi connectivity index (χ0n) is 11.1. The third-order valence-corrected chi connectivity index (χ3v) is 3.48. The molecule has 1 amide bonds. The summed E-state index contributed by atoms with van der Waals surface area (Å²) in [6, 6.07) is 5.30. The Labute approximate surface area is 126 Å². The molecule has 20 heavy (non-hydrogen) atoms. The number of carbonyl (C=O) groups excluding carboxylic acids is 1. The van der Waals surface area contributed by atoms with Crippen molar-refractivity contribution in [1.82, 2.24) is 15.0 Å². The predicted molar refractivity (Wildman–Crippen MR) is 80.1 cm³/mol. The molecular formula is C13H13ClN4OS. The fourth-order valence-electron chi connectivity index (χ4n) is 1.55. The van der Waals surface area contributed by atoms with Crippen molar-refractivity contribution in [2.75, 3.05) is 11.1 Å². The second-order valence-corrected chi connectivity index (χ2v) is 5.41. The van der Waals surface area contributed by atoms with Gasteiger partial charge in [0.2, 0.25) is 5.91 Å². The predicted octanol–water partition coefficient (Wildman–Crippen LogP) is 2.87. The normalized spacial score (nSPS) is 10.3. The summed E-state index contributed by atoms with van der Waals surface area (Å²) in [4.78, 5) is 24.3. The molecule has 0 saturated carbocycles. The Morgan fingerprint density at radius 2 is 2.05 bits per heavy atom. The molecule has 0 radical (unpaired) electrons. The highest BCUT2D eigenvalue weighted by molar-refractivity contribution is 7.99. The number of thioether (sulfide) groups is 1. The average molecular weight is 309 g/mol. The summed E-state index contributed by atoms with van der Waals surface area (Å²) in [7, 11) is 0. The van der Waals surface area contributed by atoms with Crippen LogP contribution in [0.5, 0.6) is 0 Å². The zero-order chi connectivity index (χ0) is 14.5. The van der Waals surface area contributed by atoms with E-state index in [1.165, 1.54) is 11.8 Å². The van der Waals surface area contributed by atoms with Crippen LogP contribution in [0.1, 0.15) is 11.4 Å². The van der Waals surface area contributed by atoms with Crippen molar-refractivity contribution < 1.29 is 4.79 Å². The number of rotatable bonds is 4. The number of halogens is 1. The summed E-state index contributed by atoms with van der Waals surface area (Å²) in [5.41, 5.74) is 2.27. The highest BCUT2D eigenvalue weighted by atomic mass is 35.5. The molecule has 0 aliphatic carbocycles. The van der Waals surface area contributed by atoms with Gasteiger partial charge in [-0.25, -0.2) is 15.0 Å². The molecule has 0 aliphatic heterocycles. The van der Waals surface area contributed by atoms with Crippen molar-refractivity contribution >= 4 is 35.0 Å². The van der Waals surface area contributed by atoms with E-state index in [0.29, 0.717) is 10.8 Å². The molecule has 0 unspecified atom stereocenters. The lowest BCUT2D eigenvalue weighted by molar-refractivity contribution is -0.113. The first-order valence-corrected chi connectivity index (χ1v) is 7.26. The minimum absolute atomic E-state index is 0.173. The van der Waals surface area contributed by atoms with Crippen LogP contribution in [-0.4, -0.2) is 26.6 Å². The number of amides is 1. The van der Waals surface area contributed by atoms with Gasteiger partial charge in [0.25, 0.3) is 0 Å². The van der Waals surface area contributed by atoms with Gasteiger partial charge >= 0.3 is 0 Å². The molecule has 0 saturated heterocycles. The van der Waals surface area contributed by atoms with Crippen molar-refractivity contribution in [2.45, 2.75) is 19.0 Å². The van der Waals surface area contributed by atoms with Gasteiger partial charge in [-0.15, -0.1) is 0 Å². The molecule has 2 rings (SSSR count). The van der Waals surface area contributed by atoms with Crippen molar-refractivity contribution in [3.63, 3.8) is 0 Å². The number of aryl methyl sites for hydroxylation is 2. The summed E-state index contributed by atoms with van der Waals surface area (Å²) in [5, 5.41) is 3.56. The monoisotopic (exact) mass is 308 g/mol. The summed E-state index contributed by atoms with van der Waals surface area (Å²) >= 11 is 7.15. The Kier molecular flexibility index (Phi) is 4.92. The minimum atomic E-state index is -0.173. The second-order valence-electron chi connectivity index (χ2n) is 4.11. The highest BCUT2D eigenvalue weighted by Gasteiger charge is 2.08. The van der Waals surface area contributed by atoms with Gasteiger partial charge in [-0.05, 0) is 32.0 Å². The van der Waals surface area contributed by atoms with E-state index in [9.17, 15) is 4.79 Å². The molecule has 0 aliphatic rings. The van der Waals surface area contributed by atoms with Crippen LogP contribution in [0.3, 0.4) is 0 Å². The van der Waals surface area contributed by atoms with Gasteiger partial charge in [0.05, 0.1) is 11.4 Å². The number of nitrogens with zero attached hydrogens (tertiary/aromatic N) is 3. The van der Waals surface area contributed by atoms with E-state index < -0.39 is 0 Å². The lowest BCUT2D eigenvalue weighted by atomic mass is 10.4. The van der Waals surface area contributed by atoms with Gasteiger partial charge in [-0.3, -0.25) is 4.79 Å². The molecule has 0 bridgehead atoms. The first kappa shape index (κ1) is 14.7. The molecule has 2 aromatic rings.